The van der Waals surface area contributed by atoms with Gasteiger partial charge in [0.25, 0.3) is 5.69 Å². The highest BCUT2D eigenvalue weighted by Crippen LogP contribution is 2.25. The molecule has 0 heterocycles. The summed E-state index contributed by atoms with van der Waals surface area (Å²) in [6.07, 6.45) is -0.0818. The molecule has 1 N–H and O–H groups in total. The van der Waals surface area contributed by atoms with Crippen molar-refractivity contribution >= 4 is 17.3 Å². The number of nitrogens with zero attached hydrogens (tertiary/aromatic N) is 1. The van der Waals surface area contributed by atoms with Crippen LogP contribution < -0.4 is 14.8 Å². The molecular formula is C22H20N2O5. The summed E-state index contributed by atoms with van der Waals surface area (Å²) in [4.78, 5) is 22.8. The van der Waals surface area contributed by atoms with Gasteiger partial charge in [0.05, 0.1) is 18.0 Å². The van der Waals surface area contributed by atoms with E-state index in [-0.39, 0.29) is 18.0 Å². The van der Waals surface area contributed by atoms with Crippen LogP contribution in [0.25, 0.3) is 0 Å². The van der Waals surface area contributed by atoms with Crippen molar-refractivity contribution in [2.45, 2.75) is 13.3 Å². The zero-order valence-electron chi connectivity index (χ0n) is 15.8. The summed E-state index contributed by atoms with van der Waals surface area (Å²) >= 11 is 0. The van der Waals surface area contributed by atoms with Gasteiger partial charge in [0.2, 0.25) is 5.91 Å². The molecular weight excluding hydrogens is 372 g/mol. The van der Waals surface area contributed by atoms with Gasteiger partial charge in [-0.05, 0) is 55.5 Å². The number of ether oxygens (including phenoxy) is 2. The van der Waals surface area contributed by atoms with Gasteiger partial charge in [0.1, 0.15) is 17.2 Å². The number of anilines is 1. The highest BCUT2D eigenvalue weighted by atomic mass is 16.6. The minimum absolute atomic E-state index is 0.0678. The largest absolute Gasteiger partial charge is 0.494 e. The molecule has 29 heavy (non-hydrogen) atoms. The SMILES string of the molecule is CCOc1ccc(Oc2ccc(NC(=O)Cc3ccccc3[N+](=O)[O-])cc2)cc1. The molecule has 0 aromatic heterocycles. The Morgan fingerprint density at radius 2 is 1.52 bits per heavy atom. The van der Waals surface area contributed by atoms with E-state index in [1.54, 1.807) is 42.5 Å². The number of nitrogens with one attached hydrogen (secondary N) is 1. The Kier molecular flexibility index (Phi) is 6.42. The Labute approximate surface area is 168 Å². The minimum atomic E-state index is -0.490. The van der Waals surface area contributed by atoms with Gasteiger partial charge < -0.3 is 14.8 Å². The topological polar surface area (TPSA) is 90.7 Å². The third kappa shape index (κ3) is 5.55. The second kappa shape index (κ2) is 9.36. The lowest BCUT2D eigenvalue weighted by Gasteiger charge is -2.09. The van der Waals surface area contributed by atoms with Gasteiger partial charge in [-0.25, -0.2) is 0 Å². The van der Waals surface area contributed by atoms with Gasteiger partial charge in [-0.1, -0.05) is 18.2 Å². The second-order valence-electron chi connectivity index (χ2n) is 6.14. The van der Waals surface area contributed by atoms with Crippen molar-refractivity contribution in [1.29, 1.82) is 0 Å². The molecule has 0 aliphatic rings. The number of para-hydroxylation sites is 1. The van der Waals surface area contributed by atoms with Crippen molar-refractivity contribution < 1.29 is 19.2 Å². The summed E-state index contributed by atoms with van der Waals surface area (Å²) in [5.74, 6) is 1.73. The maximum atomic E-state index is 12.2. The molecule has 0 fully saturated rings. The molecule has 7 heteroatoms. The molecule has 0 unspecified atom stereocenters. The van der Waals surface area contributed by atoms with E-state index in [0.29, 0.717) is 29.4 Å². The van der Waals surface area contributed by atoms with Crippen LogP contribution in [0.2, 0.25) is 0 Å². The molecule has 3 rings (SSSR count). The Bertz CT molecular complexity index is 985. The molecule has 148 valence electrons. The molecule has 0 aliphatic heterocycles. The van der Waals surface area contributed by atoms with Gasteiger partial charge in [-0.2, -0.15) is 0 Å². The number of hydrogen-bond acceptors (Lipinski definition) is 5. The third-order valence-electron chi connectivity index (χ3n) is 4.05. The summed E-state index contributed by atoms with van der Waals surface area (Å²) < 4.78 is 11.2. The fourth-order valence-corrected chi connectivity index (χ4v) is 2.73. The van der Waals surface area contributed by atoms with Crippen LogP contribution in [-0.2, 0) is 11.2 Å². The first-order valence-corrected chi connectivity index (χ1v) is 9.08. The van der Waals surface area contributed by atoms with E-state index >= 15 is 0 Å². The number of carbonyl (C=O) groups excluding carboxylic acids is 1. The molecule has 0 aliphatic carbocycles. The summed E-state index contributed by atoms with van der Waals surface area (Å²) in [6, 6.07) is 20.4. The average molecular weight is 392 g/mol. The molecule has 0 atom stereocenters. The molecule has 0 radical (unpaired) electrons. The highest BCUT2D eigenvalue weighted by molar-refractivity contribution is 5.92. The van der Waals surface area contributed by atoms with Crippen LogP contribution in [0.15, 0.2) is 72.8 Å². The lowest BCUT2D eigenvalue weighted by Crippen LogP contribution is -2.15. The first-order valence-electron chi connectivity index (χ1n) is 9.08. The summed E-state index contributed by atoms with van der Waals surface area (Å²) in [6.45, 7) is 2.52. The minimum Gasteiger partial charge on any atom is -0.494 e. The van der Waals surface area contributed by atoms with E-state index in [2.05, 4.69) is 5.32 Å². The average Bonchev–Trinajstić information content (AvgIpc) is 2.71. The van der Waals surface area contributed by atoms with Crippen LogP contribution in [0.1, 0.15) is 12.5 Å². The van der Waals surface area contributed by atoms with Crippen LogP contribution >= 0.6 is 0 Å². The first-order chi connectivity index (χ1) is 14.0. The predicted octanol–water partition coefficient (Wildman–Crippen LogP) is 4.97. The summed E-state index contributed by atoms with van der Waals surface area (Å²) in [5.41, 5.74) is 0.875. The van der Waals surface area contributed by atoms with Gasteiger partial charge in [-0.3, -0.25) is 14.9 Å². The highest BCUT2D eigenvalue weighted by Gasteiger charge is 2.15. The maximum absolute atomic E-state index is 12.2. The Balaban J connectivity index is 1.59. The summed E-state index contributed by atoms with van der Waals surface area (Å²) in [5, 5.41) is 13.8. The van der Waals surface area contributed by atoms with Crippen LogP contribution in [0.3, 0.4) is 0 Å². The summed E-state index contributed by atoms with van der Waals surface area (Å²) in [7, 11) is 0. The smallest absolute Gasteiger partial charge is 0.273 e. The number of rotatable bonds is 8. The molecule has 3 aromatic carbocycles. The molecule has 0 bridgehead atoms. The number of carbonyl (C=O) groups is 1. The van der Waals surface area contributed by atoms with Crippen LogP contribution in [0, 0.1) is 10.1 Å². The van der Waals surface area contributed by atoms with Crippen LogP contribution in [0.4, 0.5) is 11.4 Å². The van der Waals surface area contributed by atoms with Crippen LogP contribution in [-0.4, -0.2) is 17.4 Å². The Hall–Kier alpha value is -3.87. The van der Waals surface area contributed by atoms with Crippen molar-refractivity contribution in [3.05, 3.63) is 88.5 Å². The fraction of sp³-hybridized carbons (Fsp3) is 0.136. The molecule has 0 saturated heterocycles. The van der Waals surface area contributed by atoms with Crippen LogP contribution in [0.5, 0.6) is 17.2 Å². The zero-order chi connectivity index (χ0) is 20.6. The Morgan fingerprint density at radius 3 is 2.14 bits per heavy atom. The lowest BCUT2D eigenvalue weighted by molar-refractivity contribution is -0.385. The van der Waals surface area contributed by atoms with Gasteiger partial charge in [-0.15, -0.1) is 0 Å². The van der Waals surface area contributed by atoms with Crippen molar-refractivity contribution in [3.8, 4) is 17.2 Å². The van der Waals surface area contributed by atoms with Gasteiger partial charge in [0.15, 0.2) is 0 Å². The maximum Gasteiger partial charge on any atom is 0.273 e. The van der Waals surface area contributed by atoms with E-state index in [1.165, 1.54) is 6.07 Å². The monoisotopic (exact) mass is 392 g/mol. The molecule has 3 aromatic rings. The first kappa shape index (κ1) is 19.9. The third-order valence-corrected chi connectivity index (χ3v) is 4.05. The number of benzene rings is 3. The number of nitro groups is 1. The van der Waals surface area contributed by atoms with E-state index < -0.39 is 4.92 Å². The molecule has 0 saturated carbocycles. The normalized spacial score (nSPS) is 10.2. The number of nitro benzene ring substituents is 1. The van der Waals surface area contributed by atoms with E-state index in [9.17, 15) is 14.9 Å². The van der Waals surface area contributed by atoms with E-state index in [1.807, 2.05) is 31.2 Å². The molecule has 0 spiro atoms. The second-order valence-corrected chi connectivity index (χ2v) is 6.14. The van der Waals surface area contributed by atoms with Crippen molar-refractivity contribution in [3.63, 3.8) is 0 Å². The van der Waals surface area contributed by atoms with Gasteiger partial charge >= 0.3 is 0 Å². The van der Waals surface area contributed by atoms with Crippen molar-refractivity contribution in [1.82, 2.24) is 0 Å². The quantitative estimate of drug-likeness (QED) is 0.432. The number of hydrogen-bond donors (Lipinski definition) is 1. The predicted molar refractivity (Wildman–Crippen MR) is 110 cm³/mol. The van der Waals surface area contributed by atoms with Crippen molar-refractivity contribution in [2.75, 3.05) is 11.9 Å². The van der Waals surface area contributed by atoms with E-state index in [0.717, 1.165) is 5.75 Å². The fourth-order valence-electron chi connectivity index (χ4n) is 2.73. The number of amides is 1. The Morgan fingerprint density at radius 1 is 0.931 bits per heavy atom. The van der Waals surface area contributed by atoms with Crippen molar-refractivity contribution in [2.24, 2.45) is 0 Å². The van der Waals surface area contributed by atoms with Gasteiger partial charge in [0, 0.05) is 17.3 Å². The standard InChI is InChI=1S/C22H20N2O5/c1-2-28-18-11-13-20(14-12-18)29-19-9-7-17(8-10-19)23-22(25)15-16-5-3-4-6-21(16)24(26)27/h3-14H,2,15H2,1H3,(H,23,25). The lowest BCUT2D eigenvalue weighted by atomic mass is 10.1. The molecule has 7 nitrogen and oxygen atoms in total. The van der Waals surface area contributed by atoms with E-state index in [4.69, 9.17) is 9.47 Å². The molecule has 1 amide bonds. The zero-order valence-corrected chi connectivity index (χ0v) is 15.8.